The molecule has 0 bridgehead atoms. The molecule has 2 N–H and O–H groups in total. The molecule has 27 heavy (non-hydrogen) atoms. The largest absolute Gasteiger partial charge is 0.480 e. The lowest BCUT2D eigenvalue weighted by molar-refractivity contribution is -0.135. The minimum atomic E-state index is -1.19. The fourth-order valence-corrected chi connectivity index (χ4v) is 2.50. The van der Waals surface area contributed by atoms with E-state index in [2.05, 4.69) is 5.32 Å². The summed E-state index contributed by atoms with van der Waals surface area (Å²) in [5.74, 6) is -2.79. The topological polar surface area (TPSA) is 86.7 Å². The van der Waals surface area contributed by atoms with Crippen LogP contribution >= 0.6 is 0 Å². The van der Waals surface area contributed by atoms with Gasteiger partial charge in [-0.3, -0.25) is 19.3 Å². The fraction of sp³-hybridized carbons (Fsp3) is 0.250. The van der Waals surface area contributed by atoms with Crippen LogP contribution in [0.5, 0.6) is 0 Å². The molecule has 6 nitrogen and oxygen atoms in total. The van der Waals surface area contributed by atoms with E-state index < -0.39 is 24.2 Å². The monoisotopic (exact) mass is 372 g/mol. The average Bonchev–Trinajstić information content (AvgIpc) is 2.60. The normalized spacial score (nSPS) is 10.5. The van der Waals surface area contributed by atoms with Crippen molar-refractivity contribution in [1.29, 1.82) is 0 Å². The van der Waals surface area contributed by atoms with Gasteiger partial charge in [-0.25, -0.2) is 4.39 Å². The van der Waals surface area contributed by atoms with Crippen LogP contribution in [0.3, 0.4) is 0 Å². The number of nitrogens with one attached hydrogen (secondary N) is 1. The summed E-state index contributed by atoms with van der Waals surface area (Å²) >= 11 is 0. The maximum atomic E-state index is 14.3. The van der Waals surface area contributed by atoms with Crippen LogP contribution in [0.25, 0.3) is 0 Å². The zero-order valence-electron chi connectivity index (χ0n) is 15.1. The van der Waals surface area contributed by atoms with Crippen LogP contribution in [0, 0.1) is 11.7 Å². The molecule has 0 aliphatic heterocycles. The predicted molar refractivity (Wildman–Crippen MR) is 100 cm³/mol. The highest BCUT2D eigenvalue weighted by Gasteiger charge is 2.21. The Hall–Kier alpha value is -3.22. The van der Waals surface area contributed by atoms with E-state index >= 15 is 0 Å². The van der Waals surface area contributed by atoms with Crippen LogP contribution in [0.2, 0.25) is 0 Å². The Morgan fingerprint density at radius 1 is 1.11 bits per heavy atom. The lowest BCUT2D eigenvalue weighted by Crippen LogP contribution is -2.35. The van der Waals surface area contributed by atoms with Gasteiger partial charge in [-0.1, -0.05) is 32.0 Å². The summed E-state index contributed by atoms with van der Waals surface area (Å²) < 4.78 is 14.3. The molecule has 0 saturated carbocycles. The first-order valence-electron chi connectivity index (χ1n) is 8.46. The third-order valence-electron chi connectivity index (χ3n) is 3.69. The van der Waals surface area contributed by atoms with Gasteiger partial charge in [0.2, 0.25) is 5.91 Å². The molecule has 2 amide bonds. The molecule has 2 aromatic carbocycles. The van der Waals surface area contributed by atoms with Gasteiger partial charge in [0.15, 0.2) is 0 Å². The first kappa shape index (κ1) is 20.1. The maximum absolute atomic E-state index is 14.3. The molecule has 2 rings (SSSR count). The van der Waals surface area contributed by atoms with Gasteiger partial charge in [0, 0.05) is 17.7 Å². The lowest BCUT2D eigenvalue weighted by atomic mass is 10.1. The molecule has 0 heterocycles. The van der Waals surface area contributed by atoms with E-state index in [1.807, 2.05) is 13.8 Å². The van der Waals surface area contributed by atoms with Crippen LogP contribution in [0.4, 0.5) is 15.8 Å². The Bertz CT molecular complexity index is 837. The number of hydrogen-bond donors (Lipinski definition) is 2. The number of carbonyl (C=O) groups excluding carboxylic acids is 2. The van der Waals surface area contributed by atoms with Crippen molar-refractivity contribution in [2.45, 2.75) is 20.3 Å². The molecule has 0 atom stereocenters. The van der Waals surface area contributed by atoms with Gasteiger partial charge < -0.3 is 10.4 Å². The number of hydrogen-bond acceptors (Lipinski definition) is 3. The van der Waals surface area contributed by atoms with Crippen LogP contribution in [0.15, 0.2) is 48.5 Å². The van der Waals surface area contributed by atoms with Crippen LogP contribution in [-0.4, -0.2) is 29.4 Å². The third kappa shape index (κ3) is 5.64. The Morgan fingerprint density at radius 3 is 2.33 bits per heavy atom. The molecule has 142 valence electrons. The zero-order chi connectivity index (χ0) is 20.0. The number of anilines is 2. The van der Waals surface area contributed by atoms with Crippen LogP contribution in [0.1, 0.15) is 30.6 Å². The van der Waals surface area contributed by atoms with Crippen molar-refractivity contribution in [3.63, 3.8) is 0 Å². The van der Waals surface area contributed by atoms with Crippen LogP contribution in [-0.2, 0) is 9.59 Å². The summed E-state index contributed by atoms with van der Waals surface area (Å²) in [6.45, 7) is 3.19. The summed E-state index contributed by atoms with van der Waals surface area (Å²) in [6.07, 6.45) is 0.251. The van der Waals surface area contributed by atoms with Crippen molar-refractivity contribution >= 4 is 29.2 Å². The number of halogens is 1. The molecule has 0 fully saturated rings. The van der Waals surface area contributed by atoms with Gasteiger partial charge in [0.1, 0.15) is 12.4 Å². The van der Waals surface area contributed by atoms with E-state index in [0.717, 1.165) is 11.0 Å². The van der Waals surface area contributed by atoms with E-state index in [0.29, 0.717) is 5.69 Å². The molecule has 7 heteroatoms. The van der Waals surface area contributed by atoms with E-state index in [-0.39, 0.29) is 29.5 Å². The Labute approximate surface area is 156 Å². The van der Waals surface area contributed by atoms with Crippen molar-refractivity contribution in [2.24, 2.45) is 5.92 Å². The summed E-state index contributed by atoms with van der Waals surface area (Å²) in [5.41, 5.74) is 0.348. The first-order valence-corrected chi connectivity index (χ1v) is 8.46. The number of rotatable bonds is 7. The quantitative estimate of drug-likeness (QED) is 0.778. The fourth-order valence-electron chi connectivity index (χ4n) is 2.50. The minimum Gasteiger partial charge on any atom is -0.480 e. The minimum absolute atomic E-state index is 0.0144. The number of carbonyl (C=O) groups is 3. The van der Waals surface area contributed by atoms with Gasteiger partial charge in [0.05, 0.1) is 5.69 Å². The Morgan fingerprint density at radius 2 is 1.78 bits per heavy atom. The number of carboxylic acids is 1. The number of nitrogens with zero attached hydrogens (tertiary/aromatic N) is 1. The van der Waals surface area contributed by atoms with Gasteiger partial charge in [-0.05, 0) is 36.2 Å². The second-order valence-electron chi connectivity index (χ2n) is 6.46. The Balaban J connectivity index is 2.25. The maximum Gasteiger partial charge on any atom is 0.323 e. The summed E-state index contributed by atoms with van der Waals surface area (Å²) in [5, 5.41) is 11.6. The number of aliphatic carboxylic acids is 1. The molecule has 0 spiro atoms. The van der Waals surface area contributed by atoms with Crippen molar-refractivity contribution in [2.75, 3.05) is 16.8 Å². The zero-order valence-corrected chi connectivity index (χ0v) is 15.1. The molecule has 0 aromatic heterocycles. The third-order valence-corrected chi connectivity index (χ3v) is 3.69. The van der Waals surface area contributed by atoms with Crippen LogP contribution < -0.4 is 10.2 Å². The summed E-state index contributed by atoms with van der Waals surface area (Å²) in [6, 6.07) is 11.9. The number of para-hydroxylation sites is 1. The highest BCUT2D eigenvalue weighted by Crippen LogP contribution is 2.21. The van der Waals surface area contributed by atoms with Crippen molar-refractivity contribution in [3.8, 4) is 0 Å². The summed E-state index contributed by atoms with van der Waals surface area (Å²) in [7, 11) is 0. The Kier molecular flexibility index (Phi) is 6.65. The number of benzene rings is 2. The molecule has 0 radical (unpaired) electrons. The number of amides is 2. The smallest absolute Gasteiger partial charge is 0.323 e. The van der Waals surface area contributed by atoms with Gasteiger partial charge >= 0.3 is 5.97 Å². The highest BCUT2D eigenvalue weighted by molar-refractivity contribution is 6.08. The molecule has 0 unspecified atom stereocenters. The van der Waals surface area contributed by atoms with Crippen molar-refractivity contribution in [1.82, 2.24) is 0 Å². The standard InChI is InChI=1S/C20H21FN2O4/c1-13(2)10-18(24)22-17-9-8-14(11-16(17)21)20(27)23(12-19(25)26)15-6-4-3-5-7-15/h3-9,11,13H,10,12H2,1-2H3,(H,22,24)(H,25,26). The average molecular weight is 372 g/mol. The molecule has 2 aromatic rings. The highest BCUT2D eigenvalue weighted by atomic mass is 19.1. The van der Waals surface area contributed by atoms with E-state index in [4.69, 9.17) is 5.11 Å². The first-order chi connectivity index (χ1) is 12.8. The van der Waals surface area contributed by atoms with Crippen molar-refractivity contribution in [3.05, 3.63) is 59.9 Å². The molecular weight excluding hydrogens is 351 g/mol. The van der Waals surface area contributed by atoms with Gasteiger partial charge in [-0.2, -0.15) is 0 Å². The number of carboxylic acid groups (broad SMARTS) is 1. The second kappa shape index (κ2) is 8.93. The lowest BCUT2D eigenvalue weighted by Gasteiger charge is -2.21. The molecule has 0 aliphatic rings. The molecular formula is C20H21FN2O4. The molecule has 0 saturated heterocycles. The summed E-state index contributed by atoms with van der Waals surface area (Å²) in [4.78, 5) is 36.7. The van der Waals surface area contributed by atoms with E-state index in [1.165, 1.54) is 12.1 Å². The van der Waals surface area contributed by atoms with E-state index in [9.17, 15) is 18.8 Å². The van der Waals surface area contributed by atoms with Gasteiger partial charge in [-0.15, -0.1) is 0 Å². The predicted octanol–water partition coefficient (Wildman–Crippen LogP) is 3.54. The SMILES string of the molecule is CC(C)CC(=O)Nc1ccc(C(=O)N(CC(=O)O)c2ccccc2)cc1F. The van der Waals surface area contributed by atoms with Crippen molar-refractivity contribution < 1.29 is 23.9 Å². The van der Waals surface area contributed by atoms with Gasteiger partial charge in [0.25, 0.3) is 5.91 Å². The van der Waals surface area contributed by atoms with E-state index in [1.54, 1.807) is 30.3 Å². The molecule has 0 aliphatic carbocycles. The second-order valence-corrected chi connectivity index (χ2v) is 6.46.